The smallest absolute Gasteiger partial charge is 0.337 e. The Morgan fingerprint density at radius 1 is 1.22 bits per heavy atom. The Morgan fingerprint density at radius 2 is 1.85 bits per heavy atom. The molecule has 8 nitrogen and oxygen atoms in total. The van der Waals surface area contributed by atoms with Crippen molar-refractivity contribution < 1.29 is 23.8 Å². The summed E-state index contributed by atoms with van der Waals surface area (Å²) >= 11 is 0. The van der Waals surface area contributed by atoms with Gasteiger partial charge in [-0.15, -0.1) is 0 Å². The van der Waals surface area contributed by atoms with E-state index in [0.717, 1.165) is 5.56 Å². The maximum Gasteiger partial charge on any atom is 0.337 e. The van der Waals surface area contributed by atoms with Gasteiger partial charge in [-0.1, -0.05) is 26.0 Å². The van der Waals surface area contributed by atoms with Crippen LogP contribution in [-0.2, 0) is 25.5 Å². The number of ether oxygens (including phenoxy) is 3. The highest BCUT2D eigenvalue weighted by Crippen LogP contribution is 2.23. The zero-order valence-corrected chi connectivity index (χ0v) is 16.1. The first kappa shape index (κ1) is 22.0. The molecule has 0 spiro atoms. The minimum absolute atomic E-state index is 0.107. The van der Waals surface area contributed by atoms with Crippen molar-refractivity contribution in [3.63, 3.8) is 0 Å². The molecular formula is C19H27N3O5. The van der Waals surface area contributed by atoms with Crippen molar-refractivity contribution in [1.29, 1.82) is 5.41 Å². The number of rotatable bonds is 9. The van der Waals surface area contributed by atoms with Crippen LogP contribution < -0.4 is 15.8 Å². The van der Waals surface area contributed by atoms with Gasteiger partial charge in [-0.3, -0.25) is 10.2 Å². The van der Waals surface area contributed by atoms with Crippen LogP contribution >= 0.6 is 0 Å². The summed E-state index contributed by atoms with van der Waals surface area (Å²) in [5, 5.41) is 9.71. The third kappa shape index (κ3) is 7.81. The standard InChI is InChI=1S/C19H27N3O5/c1-12(2)17(27-13(3)23)16(18(24)25-4)11-14-5-7-15(8-6-14)26-10-9-22-19(20)21/h5-8,12H,9-11H2,1-4H3,(H4,20,21,22)/b17-16-. The van der Waals surface area contributed by atoms with Gasteiger partial charge in [0.05, 0.1) is 19.2 Å². The van der Waals surface area contributed by atoms with Crippen LogP contribution in [0.4, 0.5) is 0 Å². The molecular weight excluding hydrogens is 350 g/mol. The summed E-state index contributed by atoms with van der Waals surface area (Å²) in [6.07, 6.45) is 0.264. The highest BCUT2D eigenvalue weighted by molar-refractivity contribution is 5.90. The largest absolute Gasteiger partial charge is 0.492 e. The first-order chi connectivity index (χ1) is 12.7. The highest BCUT2D eigenvalue weighted by atomic mass is 16.5. The summed E-state index contributed by atoms with van der Waals surface area (Å²) in [5.41, 5.74) is 6.34. The van der Waals surface area contributed by atoms with Crippen molar-refractivity contribution in [3.8, 4) is 5.75 Å². The highest BCUT2D eigenvalue weighted by Gasteiger charge is 2.22. The zero-order chi connectivity index (χ0) is 20.4. The molecule has 0 saturated heterocycles. The van der Waals surface area contributed by atoms with Crippen LogP contribution in [0.2, 0.25) is 0 Å². The molecule has 0 amide bonds. The first-order valence-electron chi connectivity index (χ1n) is 8.54. The van der Waals surface area contributed by atoms with Crippen molar-refractivity contribution in [2.75, 3.05) is 20.3 Å². The van der Waals surface area contributed by atoms with Gasteiger partial charge in [0.25, 0.3) is 0 Å². The Hall–Kier alpha value is -3.03. The van der Waals surface area contributed by atoms with E-state index in [-0.39, 0.29) is 18.3 Å². The molecule has 27 heavy (non-hydrogen) atoms. The van der Waals surface area contributed by atoms with Gasteiger partial charge in [-0.05, 0) is 17.7 Å². The second-order valence-electron chi connectivity index (χ2n) is 6.09. The van der Waals surface area contributed by atoms with Crippen LogP contribution in [0.25, 0.3) is 0 Å². The molecule has 0 fully saturated rings. The maximum atomic E-state index is 12.2. The fourth-order valence-corrected chi connectivity index (χ4v) is 2.33. The van der Waals surface area contributed by atoms with Gasteiger partial charge in [0.15, 0.2) is 5.96 Å². The van der Waals surface area contributed by atoms with Crippen LogP contribution in [0.5, 0.6) is 5.75 Å². The van der Waals surface area contributed by atoms with Crippen molar-refractivity contribution >= 4 is 17.9 Å². The van der Waals surface area contributed by atoms with Crippen LogP contribution in [0.1, 0.15) is 26.3 Å². The normalized spacial score (nSPS) is 11.4. The van der Waals surface area contributed by atoms with E-state index >= 15 is 0 Å². The number of nitrogens with two attached hydrogens (primary N) is 1. The lowest BCUT2D eigenvalue weighted by Gasteiger charge is -2.16. The molecule has 1 aromatic carbocycles. The Kier molecular flexibility index (Phi) is 8.84. The first-order valence-corrected chi connectivity index (χ1v) is 8.54. The third-order valence-corrected chi connectivity index (χ3v) is 3.50. The Morgan fingerprint density at radius 3 is 2.33 bits per heavy atom. The van der Waals surface area contributed by atoms with Gasteiger partial charge in [-0.2, -0.15) is 0 Å². The van der Waals surface area contributed by atoms with E-state index in [1.807, 2.05) is 26.0 Å². The Labute approximate surface area is 159 Å². The minimum atomic E-state index is -0.532. The number of benzene rings is 1. The van der Waals surface area contributed by atoms with E-state index in [0.29, 0.717) is 30.2 Å². The molecule has 0 radical (unpaired) electrons. The lowest BCUT2D eigenvalue weighted by atomic mass is 9.99. The number of nitrogens with one attached hydrogen (secondary N) is 2. The topological polar surface area (TPSA) is 124 Å². The molecule has 8 heteroatoms. The molecule has 0 aliphatic carbocycles. The number of carbonyl (C=O) groups is 2. The lowest BCUT2D eigenvalue weighted by molar-refractivity contribution is -0.139. The summed E-state index contributed by atoms with van der Waals surface area (Å²) in [5.74, 6) is -0.315. The van der Waals surface area contributed by atoms with Crippen LogP contribution in [-0.4, -0.2) is 38.2 Å². The van der Waals surface area contributed by atoms with Gasteiger partial charge >= 0.3 is 11.9 Å². The van der Waals surface area contributed by atoms with Crippen molar-refractivity contribution in [3.05, 3.63) is 41.2 Å². The van der Waals surface area contributed by atoms with Crippen LogP contribution in [0, 0.1) is 11.3 Å². The molecule has 0 aliphatic heterocycles. The molecule has 0 saturated carbocycles. The average molecular weight is 377 g/mol. The molecule has 0 aliphatic rings. The number of guanidine groups is 1. The monoisotopic (exact) mass is 377 g/mol. The molecule has 148 valence electrons. The van der Waals surface area contributed by atoms with Crippen molar-refractivity contribution in [2.45, 2.75) is 27.2 Å². The Balaban J connectivity index is 2.91. The molecule has 0 aromatic heterocycles. The SMILES string of the molecule is COC(=O)/C(Cc1ccc(OCCNC(=N)N)cc1)=C(\OC(C)=O)C(C)C. The van der Waals surface area contributed by atoms with Crippen LogP contribution in [0.3, 0.4) is 0 Å². The molecule has 0 heterocycles. The quantitative estimate of drug-likeness (QED) is 0.149. The van der Waals surface area contributed by atoms with Gasteiger partial charge in [0.1, 0.15) is 18.1 Å². The molecule has 1 rings (SSSR count). The number of esters is 2. The van der Waals surface area contributed by atoms with E-state index in [1.54, 1.807) is 12.1 Å². The fraction of sp³-hybridized carbons (Fsp3) is 0.421. The van der Waals surface area contributed by atoms with Gasteiger partial charge in [0, 0.05) is 19.3 Å². The second-order valence-corrected chi connectivity index (χ2v) is 6.09. The van der Waals surface area contributed by atoms with E-state index in [4.69, 9.17) is 25.4 Å². The summed E-state index contributed by atoms with van der Waals surface area (Å²) in [7, 11) is 1.29. The van der Waals surface area contributed by atoms with Gasteiger partial charge < -0.3 is 25.3 Å². The predicted octanol–water partition coefficient (Wildman–Crippen LogP) is 1.74. The fourth-order valence-electron chi connectivity index (χ4n) is 2.33. The minimum Gasteiger partial charge on any atom is -0.492 e. The van der Waals surface area contributed by atoms with Crippen molar-refractivity contribution in [1.82, 2.24) is 5.32 Å². The second kappa shape index (κ2) is 10.8. The number of hydrogen-bond acceptors (Lipinski definition) is 6. The van der Waals surface area contributed by atoms with E-state index < -0.39 is 11.9 Å². The molecule has 0 atom stereocenters. The zero-order valence-electron chi connectivity index (χ0n) is 16.1. The van der Waals surface area contributed by atoms with Gasteiger partial charge in [-0.25, -0.2) is 4.79 Å². The van der Waals surface area contributed by atoms with Crippen LogP contribution in [0.15, 0.2) is 35.6 Å². The lowest BCUT2D eigenvalue weighted by Crippen LogP contribution is -2.33. The van der Waals surface area contributed by atoms with E-state index in [2.05, 4.69) is 5.32 Å². The molecule has 0 bridgehead atoms. The summed E-state index contributed by atoms with van der Waals surface area (Å²) in [6.45, 7) is 5.76. The molecule has 4 N–H and O–H groups in total. The molecule has 1 aromatic rings. The number of hydrogen-bond donors (Lipinski definition) is 3. The summed E-state index contributed by atoms with van der Waals surface area (Å²) < 4.78 is 15.7. The van der Waals surface area contributed by atoms with E-state index in [9.17, 15) is 9.59 Å². The third-order valence-electron chi connectivity index (χ3n) is 3.50. The number of methoxy groups -OCH3 is 1. The Bertz CT molecular complexity index is 696. The van der Waals surface area contributed by atoms with Gasteiger partial charge in [0.2, 0.25) is 0 Å². The summed E-state index contributed by atoms with van der Waals surface area (Å²) in [4.78, 5) is 23.6. The van der Waals surface area contributed by atoms with Crippen molar-refractivity contribution in [2.24, 2.45) is 11.7 Å². The maximum absolute atomic E-state index is 12.2. The van der Waals surface area contributed by atoms with E-state index in [1.165, 1.54) is 14.0 Å². The number of carbonyl (C=O) groups excluding carboxylic acids is 2. The average Bonchev–Trinajstić information content (AvgIpc) is 2.61. The molecule has 0 unspecified atom stereocenters. The predicted molar refractivity (Wildman–Crippen MR) is 101 cm³/mol. The number of allylic oxidation sites excluding steroid dienone is 1. The summed E-state index contributed by atoms with van der Waals surface area (Å²) in [6, 6.07) is 7.20.